The third kappa shape index (κ3) is 5.73. The third-order valence-corrected chi connectivity index (χ3v) is 6.13. The molecule has 1 atom stereocenters. The molecular formula is C25H25N3O2S. The Bertz CT molecular complexity index is 1070. The normalized spacial score (nSPS) is 17.5. The lowest BCUT2D eigenvalue weighted by Crippen LogP contribution is -2.25. The van der Waals surface area contributed by atoms with Gasteiger partial charge in [-0.15, -0.1) is 5.10 Å². The summed E-state index contributed by atoms with van der Waals surface area (Å²) >= 11 is 1.41. The first-order valence-electron chi connectivity index (χ1n) is 10.5. The predicted molar refractivity (Wildman–Crippen MR) is 127 cm³/mol. The number of carbonyl (C=O) groups excluding carboxylic acids is 1. The molecular weight excluding hydrogens is 406 g/mol. The van der Waals surface area contributed by atoms with Crippen LogP contribution in [0.4, 0.5) is 0 Å². The van der Waals surface area contributed by atoms with Crippen molar-refractivity contribution in [2.45, 2.75) is 37.9 Å². The highest BCUT2D eigenvalue weighted by atomic mass is 32.2. The summed E-state index contributed by atoms with van der Waals surface area (Å²) in [6, 6.07) is 22.2. The summed E-state index contributed by atoms with van der Waals surface area (Å²) < 4.78 is 5.78. The molecule has 0 bridgehead atoms. The van der Waals surface area contributed by atoms with Gasteiger partial charge in [0.25, 0.3) is 0 Å². The molecule has 0 radical (unpaired) electrons. The van der Waals surface area contributed by atoms with E-state index in [-0.39, 0.29) is 11.2 Å². The van der Waals surface area contributed by atoms with E-state index < -0.39 is 0 Å². The molecule has 1 unspecified atom stereocenters. The fourth-order valence-electron chi connectivity index (χ4n) is 3.34. The molecule has 4 rings (SSSR count). The van der Waals surface area contributed by atoms with Crippen LogP contribution in [0.2, 0.25) is 0 Å². The van der Waals surface area contributed by atoms with Gasteiger partial charge in [-0.1, -0.05) is 79.7 Å². The Morgan fingerprint density at radius 3 is 2.58 bits per heavy atom. The lowest BCUT2D eigenvalue weighted by Gasteiger charge is -2.06. The van der Waals surface area contributed by atoms with Gasteiger partial charge >= 0.3 is 0 Å². The van der Waals surface area contributed by atoms with Crippen LogP contribution in [-0.2, 0) is 17.6 Å². The fourth-order valence-corrected chi connectivity index (χ4v) is 4.31. The maximum absolute atomic E-state index is 12.3. The van der Waals surface area contributed by atoms with Crippen LogP contribution in [0.15, 0.2) is 81.4 Å². The largest absolute Gasteiger partial charge is 0.455 e. The van der Waals surface area contributed by atoms with Crippen LogP contribution in [0, 0.1) is 0 Å². The number of hydrogen-bond donors (Lipinski definition) is 1. The smallest absolute Gasteiger partial charge is 0.239 e. The molecule has 2 heterocycles. The van der Waals surface area contributed by atoms with Gasteiger partial charge in [-0.05, 0) is 42.5 Å². The van der Waals surface area contributed by atoms with Crippen molar-refractivity contribution >= 4 is 29.1 Å². The number of hydrogen-bond acceptors (Lipinski definition) is 5. The minimum atomic E-state index is -0.191. The summed E-state index contributed by atoms with van der Waals surface area (Å²) in [4.78, 5) is 12.3. The second kappa shape index (κ2) is 10.3. The molecule has 1 amide bonds. The standard InChI is InChI=1S/C25H25N3O2S/c1-2-3-7-18-10-12-19(13-11-18)16-23-24(29)27-25(31-23)28-26-17-21-14-15-22(30-21)20-8-5-4-6-9-20/h4-6,8-15,17,23H,2-3,7,16H2,1H3,(H,27,28,29)/b26-17+. The van der Waals surface area contributed by atoms with E-state index in [1.54, 1.807) is 6.21 Å². The van der Waals surface area contributed by atoms with Gasteiger partial charge in [0.05, 0.1) is 11.5 Å². The van der Waals surface area contributed by atoms with Crippen molar-refractivity contribution in [3.63, 3.8) is 0 Å². The predicted octanol–water partition coefficient (Wildman–Crippen LogP) is 5.45. The van der Waals surface area contributed by atoms with Crippen molar-refractivity contribution in [3.8, 4) is 11.3 Å². The Labute approximate surface area is 186 Å². The van der Waals surface area contributed by atoms with E-state index in [9.17, 15) is 4.79 Å². The number of benzene rings is 2. The van der Waals surface area contributed by atoms with Gasteiger partial charge < -0.3 is 9.73 Å². The van der Waals surface area contributed by atoms with E-state index in [0.717, 1.165) is 23.3 Å². The van der Waals surface area contributed by atoms with Crippen molar-refractivity contribution in [1.82, 2.24) is 5.32 Å². The summed E-state index contributed by atoms with van der Waals surface area (Å²) in [7, 11) is 0. The molecule has 1 aliphatic heterocycles. The molecule has 1 aromatic heterocycles. The number of furan rings is 1. The molecule has 0 saturated carbocycles. The Morgan fingerprint density at radius 2 is 1.81 bits per heavy atom. The molecule has 2 aromatic carbocycles. The van der Waals surface area contributed by atoms with E-state index in [1.165, 1.54) is 30.2 Å². The van der Waals surface area contributed by atoms with Crippen molar-refractivity contribution in [2.24, 2.45) is 10.2 Å². The van der Waals surface area contributed by atoms with Crippen LogP contribution in [-0.4, -0.2) is 22.5 Å². The summed E-state index contributed by atoms with van der Waals surface area (Å²) in [5.41, 5.74) is 3.51. The first-order chi connectivity index (χ1) is 15.2. The number of amidine groups is 1. The lowest BCUT2D eigenvalue weighted by atomic mass is 10.0. The maximum Gasteiger partial charge on any atom is 0.239 e. The van der Waals surface area contributed by atoms with Crippen molar-refractivity contribution in [2.75, 3.05) is 0 Å². The number of amides is 1. The summed E-state index contributed by atoms with van der Waals surface area (Å²) in [5, 5.41) is 11.4. The monoisotopic (exact) mass is 431 g/mol. The zero-order chi connectivity index (χ0) is 21.5. The van der Waals surface area contributed by atoms with E-state index in [2.05, 4.69) is 46.7 Å². The van der Waals surface area contributed by atoms with Crippen LogP contribution in [0.3, 0.4) is 0 Å². The molecule has 6 heteroatoms. The zero-order valence-electron chi connectivity index (χ0n) is 17.5. The van der Waals surface area contributed by atoms with Gasteiger partial charge in [0.2, 0.25) is 5.91 Å². The van der Waals surface area contributed by atoms with Gasteiger partial charge in [0, 0.05) is 5.56 Å². The van der Waals surface area contributed by atoms with E-state index in [1.807, 2.05) is 42.5 Å². The molecule has 1 aliphatic rings. The highest BCUT2D eigenvalue weighted by molar-refractivity contribution is 8.15. The number of unbranched alkanes of at least 4 members (excludes halogenated alkanes) is 1. The number of carbonyl (C=O) groups is 1. The second-order valence-corrected chi connectivity index (χ2v) is 8.63. The van der Waals surface area contributed by atoms with Gasteiger partial charge in [0.15, 0.2) is 5.17 Å². The average molecular weight is 432 g/mol. The molecule has 158 valence electrons. The van der Waals surface area contributed by atoms with Crippen LogP contribution >= 0.6 is 11.8 Å². The molecule has 5 nitrogen and oxygen atoms in total. The highest BCUT2D eigenvalue weighted by Gasteiger charge is 2.30. The molecule has 1 saturated heterocycles. The van der Waals surface area contributed by atoms with Crippen LogP contribution in [0.1, 0.15) is 36.7 Å². The zero-order valence-corrected chi connectivity index (χ0v) is 18.3. The number of rotatable bonds is 8. The van der Waals surface area contributed by atoms with Gasteiger partial charge in [-0.25, -0.2) is 0 Å². The van der Waals surface area contributed by atoms with Crippen molar-refractivity contribution < 1.29 is 9.21 Å². The maximum atomic E-state index is 12.3. The van der Waals surface area contributed by atoms with E-state index in [4.69, 9.17) is 4.42 Å². The molecule has 31 heavy (non-hydrogen) atoms. The van der Waals surface area contributed by atoms with Crippen LogP contribution in [0.5, 0.6) is 0 Å². The number of aryl methyl sites for hydroxylation is 1. The first kappa shape index (κ1) is 21.1. The molecule has 1 N–H and O–H groups in total. The Morgan fingerprint density at radius 1 is 1.03 bits per heavy atom. The SMILES string of the molecule is CCCCc1ccc(CC2S/C(=N/N=C/c3ccc(-c4ccccc4)o3)NC2=O)cc1. The van der Waals surface area contributed by atoms with Crippen molar-refractivity contribution in [3.05, 3.63) is 83.6 Å². The summed E-state index contributed by atoms with van der Waals surface area (Å²) in [6.45, 7) is 2.20. The topological polar surface area (TPSA) is 67.0 Å². The van der Waals surface area contributed by atoms with E-state index in [0.29, 0.717) is 17.3 Å². The van der Waals surface area contributed by atoms with Gasteiger partial charge in [0.1, 0.15) is 11.5 Å². The highest BCUT2D eigenvalue weighted by Crippen LogP contribution is 2.24. The fraction of sp³-hybridized carbons (Fsp3) is 0.240. The minimum Gasteiger partial charge on any atom is -0.455 e. The first-order valence-corrected chi connectivity index (χ1v) is 11.4. The number of nitrogens with one attached hydrogen (secondary N) is 1. The van der Waals surface area contributed by atoms with Crippen molar-refractivity contribution in [1.29, 1.82) is 0 Å². The van der Waals surface area contributed by atoms with Crippen LogP contribution in [0.25, 0.3) is 11.3 Å². The number of nitrogens with zero attached hydrogens (tertiary/aromatic N) is 2. The molecule has 0 aliphatic carbocycles. The Kier molecular flexibility index (Phi) is 6.99. The minimum absolute atomic E-state index is 0.0293. The lowest BCUT2D eigenvalue weighted by molar-refractivity contribution is -0.118. The molecule has 3 aromatic rings. The average Bonchev–Trinajstić information content (AvgIpc) is 3.41. The summed E-state index contributed by atoms with van der Waals surface area (Å²) in [6.07, 6.45) is 5.72. The molecule has 0 spiro atoms. The molecule has 1 fully saturated rings. The quantitative estimate of drug-likeness (QED) is 0.381. The summed E-state index contributed by atoms with van der Waals surface area (Å²) in [5.74, 6) is 1.36. The van der Waals surface area contributed by atoms with E-state index >= 15 is 0 Å². The third-order valence-electron chi connectivity index (χ3n) is 5.06. The Balaban J connectivity index is 1.33. The number of thioether (sulfide) groups is 1. The van der Waals surface area contributed by atoms with Gasteiger partial charge in [-0.3, -0.25) is 4.79 Å². The van der Waals surface area contributed by atoms with Gasteiger partial charge in [-0.2, -0.15) is 5.10 Å². The Hall–Kier alpha value is -3.12. The second-order valence-electron chi connectivity index (χ2n) is 7.44. The van der Waals surface area contributed by atoms with Crippen LogP contribution < -0.4 is 5.32 Å².